The normalized spacial score (nSPS) is 11.5. The van der Waals surface area contributed by atoms with Crippen LogP contribution in [-0.4, -0.2) is 33.2 Å². The Morgan fingerprint density at radius 3 is 2.33 bits per heavy atom. The summed E-state index contributed by atoms with van der Waals surface area (Å²) in [4.78, 5) is 11.4. The van der Waals surface area contributed by atoms with Gasteiger partial charge in [0.2, 0.25) is 11.6 Å². The van der Waals surface area contributed by atoms with Crippen LogP contribution in [0.1, 0.15) is 12.8 Å². The lowest BCUT2D eigenvalue weighted by Crippen LogP contribution is -2.30. The molecule has 0 bridgehead atoms. The van der Waals surface area contributed by atoms with Gasteiger partial charge in [-0.15, -0.1) is 5.12 Å². The van der Waals surface area contributed by atoms with Crippen molar-refractivity contribution in [3.63, 3.8) is 0 Å². The molecule has 0 unspecified atom stereocenters. The van der Waals surface area contributed by atoms with E-state index in [9.17, 15) is 26.8 Å². The van der Waals surface area contributed by atoms with Gasteiger partial charge in [0.15, 0.2) is 25.7 Å². The molecule has 1 rings (SSSR count). The van der Waals surface area contributed by atoms with Gasteiger partial charge in [0.25, 0.3) is 0 Å². The molecule has 0 aliphatic carbocycles. The van der Waals surface area contributed by atoms with Gasteiger partial charge in [-0.05, 0) is 25.6 Å². The van der Waals surface area contributed by atoms with Crippen LogP contribution in [0.3, 0.4) is 0 Å². The topological polar surface area (TPSA) is 38.8 Å². The number of hydrogen-bond donors (Lipinski definition) is 0. The van der Waals surface area contributed by atoms with E-state index in [0.29, 0.717) is 12.8 Å². The minimum absolute atomic E-state index is 0.131. The molecule has 10 heteroatoms. The summed E-state index contributed by atoms with van der Waals surface area (Å²) in [5.41, 5.74) is 0. The SMILES string of the molecule is CO[Si](C)(C)CCCCN(F)C(=O)Oc1cc(F)c(F)c(F)c1F. The molecule has 0 aliphatic rings. The molecule has 1 aromatic carbocycles. The first kappa shape index (κ1) is 20.4. The summed E-state index contributed by atoms with van der Waals surface area (Å²) in [6.07, 6.45) is -0.767. The molecule has 0 aliphatic heterocycles. The third-order valence-electron chi connectivity index (χ3n) is 3.40. The summed E-state index contributed by atoms with van der Waals surface area (Å²) < 4.78 is 75.2. The third kappa shape index (κ3) is 5.44. The average molecular weight is 371 g/mol. The largest absolute Gasteiger partial charge is 0.443 e. The van der Waals surface area contributed by atoms with Crippen molar-refractivity contribution in [2.75, 3.05) is 13.7 Å². The van der Waals surface area contributed by atoms with E-state index in [1.165, 1.54) is 0 Å². The van der Waals surface area contributed by atoms with Crippen molar-refractivity contribution in [1.82, 2.24) is 5.12 Å². The van der Waals surface area contributed by atoms with Crippen molar-refractivity contribution in [1.29, 1.82) is 0 Å². The Morgan fingerprint density at radius 1 is 1.12 bits per heavy atom. The number of ether oxygens (including phenoxy) is 1. The Hall–Kier alpha value is -1.68. The Bertz CT molecular complexity index is 600. The molecule has 1 amide bonds. The minimum Gasteiger partial charge on any atom is -0.420 e. The van der Waals surface area contributed by atoms with Crippen molar-refractivity contribution in [3.05, 3.63) is 29.3 Å². The van der Waals surface area contributed by atoms with Gasteiger partial charge in [-0.3, -0.25) is 0 Å². The maximum absolute atomic E-state index is 13.6. The standard InChI is InChI=1S/C14H18F5NO3Si/c1-22-24(2,3)7-5-4-6-20(19)14(21)23-10-8-9(15)11(16)13(18)12(10)17/h8H,4-7H2,1-3H3. The number of carbonyl (C=O) groups excluding carboxylic acids is 1. The van der Waals surface area contributed by atoms with E-state index in [2.05, 4.69) is 4.74 Å². The molecule has 4 nitrogen and oxygen atoms in total. The van der Waals surface area contributed by atoms with E-state index in [0.717, 1.165) is 6.04 Å². The van der Waals surface area contributed by atoms with E-state index < -0.39 is 43.4 Å². The number of hydrogen-bond acceptors (Lipinski definition) is 3. The zero-order valence-electron chi connectivity index (χ0n) is 13.5. The summed E-state index contributed by atoms with van der Waals surface area (Å²) in [5.74, 6) is -9.09. The highest BCUT2D eigenvalue weighted by Crippen LogP contribution is 2.25. The molecule has 0 atom stereocenters. The summed E-state index contributed by atoms with van der Waals surface area (Å²) in [6, 6.07) is 0.877. The van der Waals surface area contributed by atoms with Crippen LogP contribution in [0.2, 0.25) is 19.1 Å². The van der Waals surface area contributed by atoms with Crippen LogP contribution in [0.5, 0.6) is 5.75 Å². The molecule has 0 aromatic heterocycles. The molecular weight excluding hydrogens is 353 g/mol. The van der Waals surface area contributed by atoms with Crippen molar-refractivity contribution in [2.45, 2.75) is 32.0 Å². The smallest absolute Gasteiger partial charge is 0.420 e. The van der Waals surface area contributed by atoms with Gasteiger partial charge in [-0.2, -0.15) is 4.39 Å². The van der Waals surface area contributed by atoms with Crippen LogP contribution < -0.4 is 4.74 Å². The maximum atomic E-state index is 13.6. The number of benzene rings is 1. The van der Waals surface area contributed by atoms with Gasteiger partial charge in [0, 0.05) is 13.2 Å². The summed E-state index contributed by atoms with van der Waals surface area (Å²) in [7, 11) is -0.191. The minimum atomic E-state index is -2.14. The van der Waals surface area contributed by atoms with E-state index in [-0.39, 0.29) is 17.7 Å². The van der Waals surface area contributed by atoms with E-state index in [1.807, 2.05) is 13.1 Å². The average Bonchev–Trinajstić information content (AvgIpc) is 2.54. The molecule has 136 valence electrons. The van der Waals surface area contributed by atoms with Gasteiger partial charge in [0.1, 0.15) is 0 Å². The zero-order chi connectivity index (χ0) is 18.5. The number of carbonyl (C=O) groups is 1. The number of nitrogens with zero attached hydrogens (tertiary/aromatic N) is 1. The van der Waals surface area contributed by atoms with Crippen molar-refractivity contribution < 1.29 is 36.0 Å². The van der Waals surface area contributed by atoms with Crippen molar-refractivity contribution in [2.24, 2.45) is 0 Å². The fourth-order valence-corrected chi connectivity index (χ4v) is 3.07. The lowest BCUT2D eigenvalue weighted by molar-refractivity contribution is 0.0350. The van der Waals surface area contributed by atoms with Crippen LogP contribution in [-0.2, 0) is 4.43 Å². The Balaban J connectivity index is 2.56. The summed E-state index contributed by atoms with van der Waals surface area (Å²) >= 11 is 0. The van der Waals surface area contributed by atoms with Crippen LogP contribution in [0.15, 0.2) is 6.07 Å². The second-order valence-corrected chi connectivity index (χ2v) is 10.1. The number of unbranched alkanes of at least 4 members (excludes halogenated alkanes) is 1. The number of rotatable bonds is 7. The highest BCUT2D eigenvalue weighted by atomic mass is 28.4. The first-order chi connectivity index (χ1) is 11.1. The summed E-state index contributed by atoms with van der Waals surface area (Å²) in [5, 5.41) is -0.347. The fourth-order valence-electron chi connectivity index (χ4n) is 1.76. The van der Waals surface area contributed by atoms with Gasteiger partial charge < -0.3 is 9.16 Å². The molecule has 0 radical (unpaired) electrons. The van der Waals surface area contributed by atoms with Crippen molar-refractivity contribution in [3.8, 4) is 5.75 Å². The quantitative estimate of drug-likeness (QED) is 0.176. The predicted molar refractivity (Wildman–Crippen MR) is 78.6 cm³/mol. The van der Waals surface area contributed by atoms with Gasteiger partial charge in [0.05, 0.1) is 6.54 Å². The van der Waals surface area contributed by atoms with Gasteiger partial charge >= 0.3 is 6.09 Å². The van der Waals surface area contributed by atoms with Crippen LogP contribution in [0.25, 0.3) is 0 Å². The Labute approximate surface area is 137 Å². The molecule has 24 heavy (non-hydrogen) atoms. The molecule has 0 heterocycles. The fraction of sp³-hybridized carbons (Fsp3) is 0.500. The molecule has 0 saturated carbocycles. The second kappa shape index (κ2) is 8.43. The number of amides is 1. The monoisotopic (exact) mass is 371 g/mol. The van der Waals surface area contributed by atoms with E-state index in [4.69, 9.17) is 4.43 Å². The van der Waals surface area contributed by atoms with Crippen LogP contribution in [0.4, 0.5) is 26.8 Å². The summed E-state index contributed by atoms with van der Waals surface area (Å²) in [6.45, 7) is 3.62. The van der Waals surface area contributed by atoms with Crippen LogP contribution in [0, 0.1) is 23.3 Å². The zero-order valence-corrected chi connectivity index (χ0v) is 14.5. The maximum Gasteiger partial charge on any atom is 0.443 e. The Kier molecular flexibility index (Phi) is 7.15. The van der Waals surface area contributed by atoms with Crippen molar-refractivity contribution >= 4 is 14.4 Å². The number of halogens is 5. The predicted octanol–water partition coefficient (Wildman–Crippen LogP) is 4.56. The third-order valence-corrected chi connectivity index (χ3v) is 6.06. The Morgan fingerprint density at radius 2 is 1.75 bits per heavy atom. The lowest BCUT2D eigenvalue weighted by Gasteiger charge is -2.20. The highest BCUT2D eigenvalue weighted by molar-refractivity contribution is 6.71. The van der Waals surface area contributed by atoms with E-state index in [1.54, 1.807) is 7.11 Å². The molecule has 1 aromatic rings. The van der Waals surface area contributed by atoms with Gasteiger partial charge in [-0.25, -0.2) is 18.0 Å². The van der Waals surface area contributed by atoms with E-state index >= 15 is 0 Å². The van der Waals surface area contributed by atoms with Crippen LogP contribution >= 0.6 is 0 Å². The molecule has 0 saturated heterocycles. The molecule has 0 N–H and O–H groups in total. The lowest BCUT2D eigenvalue weighted by atomic mass is 10.3. The first-order valence-corrected chi connectivity index (χ1v) is 10.2. The molecule has 0 spiro atoms. The molecular formula is C14H18F5NO3Si. The van der Waals surface area contributed by atoms with Gasteiger partial charge in [-0.1, -0.05) is 10.9 Å². The molecule has 0 fully saturated rings. The highest BCUT2D eigenvalue weighted by Gasteiger charge is 2.24. The second-order valence-electron chi connectivity index (χ2n) is 5.67. The first-order valence-electron chi connectivity index (χ1n) is 7.12.